The first-order chi connectivity index (χ1) is 10.6. The molecule has 0 saturated heterocycles. The minimum atomic E-state index is -0.178. The van der Waals surface area contributed by atoms with Gasteiger partial charge in [-0.3, -0.25) is 4.79 Å². The van der Waals surface area contributed by atoms with Crippen molar-refractivity contribution in [2.75, 3.05) is 18.5 Å². The Bertz CT molecular complexity index is 707. The van der Waals surface area contributed by atoms with Crippen LogP contribution in [0.5, 0.6) is 11.5 Å². The van der Waals surface area contributed by atoms with Crippen LogP contribution in [0.15, 0.2) is 34.9 Å². The van der Waals surface area contributed by atoms with Crippen LogP contribution in [0.1, 0.15) is 5.56 Å². The smallest absolute Gasteiger partial charge is 0.229 e. The van der Waals surface area contributed by atoms with Crippen molar-refractivity contribution in [3.63, 3.8) is 0 Å². The van der Waals surface area contributed by atoms with Gasteiger partial charge in [0.25, 0.3) is 0 Å². The molecule has 0 saturated carbocycles. The number of aromatic nitrogens is 1. The van der Waals surface area contributed by atoms with Crippen LogP contribution in [-0.2, 0) is 11.2 Å². The van der Waals surface area contributed by atoms with E-state index < -0.39 is 0 Å². The zero-order valence-electron chi connectivity index (χ0n) is 11.4. The highest BCUT2D eigenvalue weighted by atomic mass is 79.9. The molecule has 0 atom stereocenters. The highest BCUT2D eigenvalue weighted by Crippen LogP contribution is 2.38. The Morgan fingerprint density at radius 1 is 1.32 bits per heavy atom. The van der Waals surface area contributed by atoms with E-state index in [-0.39, 0.29) is 12.3 Å². The van der Waals surface area contributed by atoms with Gasteiger partial charge < -0.3 is 14.8 Å². The number of hydrogen-bond donors (Lipinski definition) is 1. The number of pyridine rings is 1. The lowest BCUT2D eigenvalue weighted by Crippen LogP contribution is -2.17. The molecule has 3 rings (SSSR count). The molecule has 22 heavy (non-hydrogen) atoms. The normalized spacial score (nSPS) is 12.8. The highest BCUT2D eigenvalue weighted by Gasteiger charge is 2.17. The maximum Gasteiger partial charge on any atom is 0.229 e. The van der Waals surface area contributed by atoms with E-state index in [2.05, 4.69) is 26.2 Å². The summed E-state index contributed by atoms with van der Waals surface area (Å²) in [7, 11) is 0. The van der Waals surface area contributed by atoms with Crippen LogP contribution in [0.4, 0.5) is 5.82 Å². The maximum atomic E-state index is 12.1. The second kappa shape index (κ2) is 6.54. The number of ether oxygens (including phenoxy) is 2. The molecule has 1 aromatic heterocycles. The number of benzene rings is 1. The van der Waals surface area contributed by atoms with Gasteiger partial charge >= 0.3 is 0 Å². The molecule has 1 aliphatic heterocycles. The third kappa shape index (κ3) is 3.51. The summed E-state index contributed by atoms with van der Waals surface area (Å²) in [6, 6.07) is 7.01. The first-order valence-corrected chi connectivity index (χ1v) is 7.78. The van der Waals surface area contributed by atoms with Gasteiger partial charge in [-0.05, 0) is 45.8 Å². The van der Waals surface area contributed by atoms with Gasteiger partial charge in [-0.2, -0.15) is 0 Å². The van der Waals surface area contributed by atoms with Gasteiger partial charge in [0, 0.05) is 10.7 Å². The summed E-state index contributed by atoms with van der Waals surface area (Å²) >= 11 is 9.45. The second-order valence-electron chi connectivity index (χ2n) is 4.69. The number of halogens is 2. The van der Waals surface area contributed by atoms with E-state index in [0.29, 0.717) is 35.6 Å². The number of nitrogens with one attached hydrogen (secondary N) is 1. The summed E-state index contributed by atoms with van der Waals surface area (Å²) in [5.74, 6) is 1.43. The Balaban J connectivity index is 1.71. The number of anilines is 1. The lowest BCUT2D eigenvalue weighted by molar-refractivity contribution is -0.115. The molecule has 2 heterocycles. The molecule has 2 aromatic rings. The number of hydrogen-bond acceptors (Lipinski definition) is 4. The van der Waals surface area contributed by atoms with E-state index in [9.17, 15) is 4.79 Å². The van der Waals surface area contributed by atoms with Crippen LogP contribution in [0, 0.1) is 0 Å². The fourth-order valence-corrected chi connectivity index (χ4v) is 2.61. The Morgan fingerprint density at radius 2 is 2.14 bits per heavy atom. The van der Waals surface area contributed by atoms with E-state index in [1.54, 1.807) is 24.4 Å². The topological polar surface area (TPSA) is 60.5 Å². The van der Waals surface area contributed by atoms with Crippen molar-refractivity contribution in [2.24, 2.45) is 0 Å². The quantitative estimate of drug-likeness (QED) is 0.882. The van der Waals surface area contributed by atoms with Crippen molar-refractivity contribution >= 4 is 39.3 Å². The minimum absolute atomic E-state index is 0.175. The highest BCUT2D eigenvalue weighted by molar-refractivity contribution is 9.10. The van der Waals surface area contributed by atoms with Crippen LogP contribution in [0.25, 0.3) is 0 Å². The van der Waals surface area contributed by atoms with Crippen LogP contribution in [0.3, 0.4) is 0 Å². The Hall–Kier alpha value is -1.79. The summed E-state index contributed by atoms with van der Waals surface area (Å²) in [4.78, 5) is 16.2. The molecule has 1 amide bonds. The van der Waals surface area contributed by atoms with Gasteiger partial charge in [0.1, 0.15) is 19.0 Å². The summed E-state index contributed by atoms with van der Waals surface area (Å²) in [6.07, 6.45) is 1.80. The second-order valence-corrected chi connectivity index (χ2v) is 6.01. The zero-order chi connectivity index (χ0) is 15.5. The average molecular weight is 384 g/mol. The van der Waals surface area contributed by atoms with Gasteiger partial charge in [0.15, 0.2) is 11.5 Å². The summed E-state index contributed by atoms with van der Waals surface area (Å²) in [6.45, 7) is 0.948. The number of nitrogens with zero attached hydrogens (tertiary/aromatic N) is 1. The van der Waals surface area contributed by atoms with Crippen molar-refractivity contribution in [1.29, 1.82) is 0 Å². The molecular weight excluding hydrogens is 372 g/mol. The molecule has 1 aromatic carbocycles. The molecule has 5 nitrogen and oxygen atoms in total. The first kappa shape index (κ1) is 15.1. The van der Waals surface area contributed by atoms with Crippen molar-refractivity contribution in [2.45, 2.75) is 6.42 Å². The number of rotatable bonds is 3. The molecule has 0 aliphatic carbocycles. The molecule has 1 N–H and O–H groups in total. The maximum absolute atomic E-state index is 12.1. The fourth-order valence-electron chi connectivity index (χ4n) is 2.09. The van der Waals surface area contributed by atoms with E-state index in [4.69, 9.17) is 21.1 Å². The van der Waals surface area contributed by atoms with Crippen LogP contribution in [0.2, 0.25) is 5.02 Å². The lowest BCUT2D eigenvalue weighted by atomic mass is 10.1. The van der Waals surface area contributed by atoms with Crippen molar-refractivity contribution in [3.05, 3.63) is 45.5 Å². The van der Waals surface area contributed by atoms with E-state index in [0.717, 1.165) is 10.0 Å². The standard InChI is InChI=1S/C15H12BrClN2O3/c16-10-1-2-13(18-8-10)19-14(20)7-9-5-11(17)15-12(6-9)21-3-4-22-15/h1-2,5-6,8H,3-4,7H2,(H,18,19,20). The Kier molecular flexibility index (Phi) is 4.49. The first-order valence-electron chi connectivity index (χ1n) is 6.61. The molecular formula is C15H12BrClN2O3. The van der Waals surface area contributed by atoms with Gasteiger partial charge in [-0.1, -0.05) is 11.6 Å². The largest absolute Gasteiger partial charge is 0.486 e. The monoisotopic (exact) mass is 382 g/mol. The predicted octanol–water partition coefficient (Wildman–Crippen LogP) is 3.45. The summed E-state index contributed by atoms with van der Waals surface area (Å²) < 4.78 is 11.8. The fraction of sp³-hybridized carbons (Fsp3) is 0.200. The van der Waals surface area contributed by atoms with Crippen LogP contribution >= 0.6 is 27.5 Å². The molecule has 0 radical (unpaired) electrons. The van der Waals surface area contributed by atoms with E-state index in [1.807, 2.05) is 6.07 Å². The van der Waals surface area contributed by atoms with Crippen molar-refractivity contribution < 1.29 is 14.3 Å². The zero-order valence-corrected chi connectivity index (χ0v) is 13.8. The molecule has 7 heteroatoms. The predicted molar refractivity (Wildman–Crippen MR) is 86.7 cm³/mol. The third-order valence-corrected chi connectivity index (χ3v) is 3.77. The number of fused-ring (bicyclic) bond motifs is 1. The van der Waals surface area contributed by atoms with Gasteiger partial charge in [-0.15, -0.1) is 0 Å². The summed E-state index contributed by atoms with van der Waals surface area (Å²) in [5, 5.41) is 3.18. The van der Waals surface area contributed by atoms with E-state index >= 15 is 0 Å². The van der Waals surface area contributed by atoms with Gasteiger partial charge in [0.2, 0.25) is 5.91 Å². The van der Waals surface area contributed by atoms with Gasteiger partial charge in [0.05, 0.1) is 11.4 Å². The molecule has 114 valence electrons. The van der Waals surface area contributed by atoms with Crippen molar-refractivity contribution in [1.82, 2.24) is 4.98 Å². The van der Waals surface area contributed by atoms with Gasteiger partial charge in [-0.25, -0.2) is 4.98 Å². The number of amides is 1. The number of carbonyl (C=O) groups excluding carboxylic acids is 1. The minimum Gasteiger partial charge on any atom is -0.486 e. The van der Waals surface area contributed by atoms with E-state index in [1.165, 1.54) is 0 Å². The lowest BCUT2D eigenvalue weighted by Gasteiger charge is -2.20. The van der Waals surface area contributed by atoms with Crippen LogP contribution in [-0.4, -0.2) is 24.1 Å². The molecule has 1 aliphatic rings. The molecule has 0 fully saturated rings. The van der Waals surface area contributed by atoms with Crippen molar-refractivity contribution in [3.8, 4) is 11.5 Å². The third-order valence-electron chi connectivity index (χ3n) is 3.02. The Labute approximate surface area is 140 Å². The molecule has 0 unspecified atom stereocenters. The SMILES string of the molecule is O=C(Cc1cc(Cl)c2c(c1)OCCO2)Nc1ccc(Br)cn1. The Morgan fingerprint density at radius 3 is 2.91 bits per heavy atom. The van der Waals surface area contributed by atoms with Crippen LogP contribution < -0.4 is 14.8 Å². The molecule has 0 spiro atoms. The number of carbonyl (C=O) groups is 1. The summed E-state index contributed by atoms with van der Waals surface area (Å²) in [5.41, 5.74) is 0.754. The molecule has 0 bridgehead atoms. The average Bonchev–Trinajstić information content (AvgIpc) is 2.49.